The molecule has 25 heavy (non-hydrogen) atoms. The van der Waals surface area contributed by atoms with E-state index in [1.165, 1.54) is 18.4 Å². The number of hydrogen-bond donors (Lipinski definition) is 2. The van der Waals surface area contributed by atoms with Gasteiger partial charge in [0, 0.05) is 29.8 Å². The number of para-hydroxylation sites is 1. The lowest BCUT2D eigenvalue weighted by Crippen LogP contribution is -2.42. The predicted octanol–water partition coefficient (Wildman–Crippen LogP) is 3.07. The van der Waals surface area contributed by atoms with Crippen molar-refractivity contribution in [3.63, 3.8) is 0 Å². The van der Waals surface area contributed by atoms with Crippen LogP contribution in [0.5, 0.6) is 0 Å². The Morgan fingerprint density at radius 3 is 2.52 bits per heavy atom. The average molecular weight is 335 g/mol. The number of piperidine rings is 1. The SMILES string of the molecule is CN1CCC(NCC2c3ccccc3NC(=O)c3ccccc32)CC1. The molecule has 2 aromatic carbocycles. The van der Waals surface area contributed by atoms with Crippen molar-refractivity contribution in [2.75, 3.05) is 32.0 Å². The summed E-state index contributed by atoms with van der Waals surface area (Å²) in [5.74, 6) is 0.177. The number of rotatable bonds is 3. The van der Waals surface area contributed by atoms with Gasteiger partial charge in [0.25, 0.3) is 5.91 Å². The number of carbonyl (C=O) groups excluding carboxylic acids is 1. The van der Waals surface area contributed by atoms with Crippen LogP contribution in [0.25, 0.3) is 0 Å². The van der Waals surface area contributed by atoms with Crippen molar-refractivity contribution in [1.29, 1.82) is 0 Å². The van der Waals surface area contributed by atoms with Gasteiger partial charge in [-0.3, -0.25) is 4.79 Å². The summed E-state index contributed by atoms with van der Waals surface area (Å²) in [6.45, 7) is 3.16. The first kappa shape index (κ1) is 16.3. The summed E-state index contributed by atoms with van der Waals surface area (Å²) in [5.41, 5.74) is 4.03. The van der Waals surface area contributed by atoms with E-state index in [-0.39, 0.29) is 11.8 Å². The van der Waals surface area contributed by atoms with Crippen LogP contribution < -0.4 is 10.6 Å². The maximum Gasteiger partial charge on any atom is 0.255 e. The van der Waals surface area contributed by atoms with Crippen molar-refractivity contribution < 1.29 is 4.79 Å². The molecule has 0 bridgehead atoms. The third-order valence-electron chi connectivity index (χ3n) is 5.49. The van der Waals surface area contributed by atoms with Crippen LogP contribution in [0.15, 0.2) is 48.5 Å². The van der Waals surface area contributed by atoms with Crippen LogP contribution in [0.2, 0.25) is 0 Å². The Labute approximate surface area is 149 Å². The zero-order chi connectivity index (χ0) is 17.2. The highest BCUT2D eigenvalue weighted by molar-refractivity contribution is 6.07. The van der Waals surface area contributed by atoms with E-state index in [9.17, 15) is 4.79 Å². The second-order valence-electron chi connectivity index (χ2n) is 7.17. The summed E-state index contributed by atoms with van der Waals surface area (Å²) in [6, 6.07) is 16.7. The van der Waals surface area contributed by atoms with E-state index < -0.39 is 0 Å². The summed E-state index contributed by atoms with van der Waals surface area (Å²) < 4.78 is 0. The van der Waals surface area contributed by atoms with Crippen molar-refractivity contribution in [2.45, 2.75) is 24.8 Å². The number of likely N-dealkylation sites (tertiary alicyclic amines) is 1. The lowest BCUT2D eigenvalue weighted by molar-refractivity contribution is 0.102. The van der Waals surface area contributed by atoms with Gasteiger partial charge in [0.2, 0.25) is 0 Å². The molecule has 0 saturated carbocycles. The molecule has 1 unspecified atom stereocenters. The standard InChI is InChI=1S/C21H25N3O/c1-24-12-10-15(11-13-24)22-14-19-16-6-2-3-8-18(16)21(25)23-20-9-5-4-7-17(19)20/h2-9,15,19,22H,10-14H2,1H3,(H,23,25). The molecule has 4 rings (SSSR count). The number of amides is 1. The Kier molecular flexibility index (Phi) is 4.55. The van der Waals surface area contributed by atoms with Crippen molar-refractivity contribution in [3.8, 4) is 0 Å². The third kappa shape index (κ3) is 3.32. The van der Waals surface area contributed by atoms with Gasteiger partial charge in [0.15, 0.2) is 0 Å². The Balaban J connectivity index is 1.63. The molecule has 2 heterocycles. The van der Waals surface area contributed by atoms with Gasteiger partial charge in [-0.05, 0) is 56.2 Å². The normalized spacial score (nSPS) is 21.2. The monoisotopic (exact) mass is 335 g/mol. The molecule has 0 spiro atoms. The number of carbonyl (C=O) groups is 1. The van der Waals surface area contributed by atoms with Gasteiger partial charge in [-0.1, -0.05) is 36.4 Å². The lowest BCUT2D eigenvalue weighted by atomic mass is 9.88. The number of benzene rings is 2. The first-order chi connectivity index (χ1) is 12.2. The minimum atomic E-state index is -0.00941. The van der Waals surface area contributed by atoms with Gasteiger partial charge in [-0.2, -0.15) is 0 Å². The van der Waals surface area contributed by atoms with E-state index in [1.54, 1.807) is 0 Å². The number of fused-ring (bicyclic) bond motifs is 2. The number of nitrogens with one attached hydrogen (secondary N) is 2. The Morgan fingerprint density at radius 2 is 1.72 bits per heavy atom. The minimum absolute atomic E-state index is 0.00941. The molecule has 130 valence electrons. The molecule has 0 radical (unpaired) electrons. The lowest BCUT2D eigenvalue weighted by Gasteiger charge is -2.31. The third-order valence-corrected chi connectivity index (χ3v) is 5.49. The van der Waals surface area contributed by atoms with Gasteiger partial charge in [0.1, 0.15) is 0 Å². The summed E-state index contributed by atoms with van der Waals surface area (Å²) in [5, 5.41) is 6.85. The van der Waals surface area contributed by atoms with Crippen molar-refractivity contribution >= 4 is 11.6 Å². The van der Waals surface area contributed by atoms with Crippen LogP contribution in [0.1, 0.15) is 40.2 Å². The summed E-state index contributed by atoms with van der Waals surface area (Å²) in [7, 11) is 2.19. The van der Waals surface area contributed by atoms with E-state index in [2.05, 4.69) is 40.8 Å². The molecular weight excluding hydrogens is 310 g/mol. The predicted molar refractivity (Wildman–Crippen MR) is 101 cm³/mol. The fraction of sp³-hybridized carbons (Fsp3) is 0.381. The van der Waals surface area contributed by atoms with Crippen LogP contribution in [0, 0.1) is 0 Å². The summed E-state index contributed by atoms with van der Waals surface area (Å²) in [6.07, 6.45) is 2.37. The van der Waals surface area contributed by atoms with Crippen LogP contribution >= 0.6 is 0 Å². The van der Waals surface area contributed by atoms with Gasteiger partial charge >= 0.3 is 0 Å². The molecule has 4 heteroatoms. The van der Waals surface area contributed by atoms with Gasteiger partial charge < -0.3 is 15.5 Å². The van der Waals surface area contributed by atoms with Gasteiger partial charge in [-0.25, -0.2) is 0 Å². The Bertz CT molecular complexity index is 765. The highest BCUT2D eigenvalue weighted by atomic mass is 16.1. The topological polar surface area (TPSA) is 44.4 Å². The molecule has 2 aliphatic rings. The molecule has 2 aromatic rings. The first-order valence-electron chi connectivity index (χ1n) is 9.13. The van der Waals surface area contributed by atoms with Crippen molar-refractivity contribution in [1.82, 2.24) is 10.2 Å². The van der Waals surface area contributed by atoms with Crippen LogP contribution in [-0.4, -0.2) is 43.5 Å². The largest absolute Gasteiger partial charge is 0.322 e. The quantitative estimate of drug-likeness (QED) is 0.906. The van der Waals surface area contributed by atoms with Gasteiger partial charge in [0.05, 0.1) is 0 Å². The molecule has 0 aliphatic carbocycles. The highest BCUT2D eigenvalue weighted by Crippen LogP contribution is 2.35. The maximum atomic E-state index is 12.6. The molecule has 1 fully saturated rings. The van der Waals surface area contributed by atoms with E-state index in [0.717, 1.165) is 36.4 Å². The number of hydrogen-bond acceptors (Lipinski definition) is 3. The van der Waals surface area contributed by atoms with Crippen LogP contribution in [-0.2, 0) is 0 Å². The summed E-state index contributed by atoms with van der Waals surface area (Å²) in [4.78, 5) is 15.0. The maximum absolute atomic E-state index is 12.6. The van der Waals surface area contributed by atoms with Crippen LogP contribution in [0.3, 0.4) is 0 Å². The average Bonchev–Trinajstić information content (AvgIpc) is 2.76. The second kappa shape index (κ2) is 6.98. The highest BCUT2D eigenvalue weighted by Gasteiger charge is 2.28. The Hall–Kier alpha value is -2.17. The second-order valence-corrected chi connectivity index (χ2v) is 7.17. The number of nitrogens with zero attached hydrogens (tertiary/aromatic N) is 1. The van der Waals surface area contributed by atoms with E-state index in [1.807, 2.05) is 30.3 Å². The molecule has 4 nitrogen and oxygen atoms in total. The zero-order valence-corrected chi connectivity index (χ0v) is 14.7. The molecule has 1 saturated heterocycles. The van der Waals surface area contributed by atoms with Gasteiger partial charge in [-0.15, -0.1) is 0 Å². The molecule has 2 N–H and O–H groups in total. The summed E-state index contributed by atoms with van der Waals surface area (Å²) >= 11 is 0. The molecular formula is C21H25N3O. The van der Waals surface area contributed by atoms with E-state index in [0.29, 0.717) is 6.04 Å². The number of anilines is 1. The molecule has 0 aromatic heterocycles. The fourth-order valence-corrected chi connectivity index (χ4v) is 4.00. The van der Waals surface area contributed by atoms with E-state index >= 15 is 0 Å². The molecule has 2 aliphatic heterocycles. The fourth-order valence-electron chi connectivity index (χ4n) is 4.00. The van der Waals surface area contributed by atoms with Crippen LogP contribution in [0.4, 0.5) is 5.69 Å². The smallest absolute Gasteiger partial charge is 0.255 e. The first-order valence-corrected chi connectivity index (χ1v) is 9.13. The zero-order valence-electron chi connectivity index (χ0n) is 14.7. The van der Waals surface area contributed by atoms with Crippen molar-refractivity contribution in [2.24, 2.45) is 0 Å². The van der Waals surface area contributed by atoms with E-state index in [4.69, 9.17) is 0 Å². The Morgan fingerprint density at radius 1 is 1.04 bits per heavy atom. The molecule has 1 amide bonds. The minimum Gasteiger partial charge on any atom is -0.322 e. The van der Waals surface area contributed by atoms with Crippen molar-refractivity contribution in [3.05, 3.63) is 65.2 Å². The molecule has 1 atom stereocenters.